The Morgan fingerprint density at radius 2 is 2.33 bits per heavy atom. The lowest BCUT2D eigenvalue weighted by atomic mass is 10.3. The van der Waals surface area contributed by atoms with E-state index in [1.54, 1.807) is 21.3 Å². The van der Waals surface area contributed by atoms with Crippen molar-refractivity contribution in [2.75, 3.05) is 19.6 Å². The molecule has 0 aromatic carbocycles. The van der Waals surface area contributed by atoms with E-state index >= 15 is 0 Å². The van der Waals surface area contributed by atoms with Gasteiger partial charge < -0.3 is 5.32 Å². The largest absolute Gasteiger partial charge is 0.314 e. The van der Waals surface area contributed by atoms with Crippen LogP contribution in [0.4, 0.5) is 0 Å². The molecule has 1 fully saturated rings. The van der Waals surface area contributed by atoms with Crippen molar-refractivity contribution in [3.8, 4) is 0 Å². The van der Waals surface area contributed by atoms with Crippen molar-refractivity contribution in [3.05, 3.63) is 12.3 Å². The quantitative estimate of drug-likeness (QED) is 0.854. The average Bonchev–Trinajstić information content (AvgIpc) is 2.79. The van der Waals surface area contributed by atoms with Crippen molar-refractivity contribution in [2.24, 2.45) is 0 Å². The van der Waals surface area contributed by atoms with Gasteiger partial charge in [0.25, 0.3) is 10.0 Å². The van der Waals surface area contributed by atoms with E-state index in [0.29, 0.717) is 31.2 Å². The summed E-state index contributed by atoms with van der Waals surface area (Å²) in [6.07, 6.45) is 2.41. The molecule has 0 saturated carbocycles. The van der Waals surface area contributed by atoms with E-state index in [2.05, 4.69) is 10.4 Å². The molecule has 1 aromatic rings. The number of hydrogen-bond acceptors (Lipinski definition) is 4. The average molecular weight is 272 g/mol. The van der Waals surface area contributed by atoms with Gasteiger partial charge >= 0.3 is 0 Å². The third-order valence-electron chi connectivity index (χ3n) is 3.13. The molecule has 0 radical (unpaired) electrons. The summed E-state index contributed by atoms with van der Waals surface area (Å²) in [5, 5.41) is 7.58. The molecule has 1 aliphatic heterocycles. The second-order valence-corrected chi connectivity index (χ2v) is 6.40. The van der Waals surface area contributed by atoms with Crippen LogP contribution >= 0.6 is 0 Å². The maximum Gasteiger partial charge on any atom is 0.260 e. The molecule has 102 valence electrons. The Morgan fingerprint density at radius 3 is 3.00 bits per heavy atom. The molecular weight excluding hydrogens is 252 g/mol. The van der Waals surface area contributed by atoms with Crippen molar-refractivity contribution in [3.63, 3.8) is 0 Å². The van der Waals surface area contributed by atoms with E-state index in [4.69, 9.17) is 0 Å². The highest BCUT2D eigenvalue weighted by molar-refractivity contribution is 7.89. The van der Waals surface area contributed by atoms with Crippen LogP contribution in [0.1, 0.15) is 20.3 Å². The summed E-state index contributed by atoms with van der Waals surface area (Å²) in [6.45, 7) is 6.46. The number of nitrogens with one attached hydrogen (secondary N) is 1. The fourth-order valence-electron chi connectivity index (χ4n) is 2.22. The Labute approximate surface area is 108 Å². The number of hydrogen-bond donors (Lipinski definition) is 1. The molecular formula is C11H20N4O2S. The molecule has 1 N–H and O–H groups in total. The van der Waals surface area contributed by atoms with Gasteiger partial charge in [0, 0.05) is 32.2 Å². The van der Waals surface area contributed by atoms with E-state index in [1.165, 1.54) is 0 Å². The van der Waals surface area contributed by atoms with Crippen molar-refractivity contribution >= 4 is 10.0 Å². The van der Waals surface area contributed by atoms with Crippen LogP contribution in [0.25, 0.3) is 0 Å². The maximum absolute atomic E-state index is 12.6. The van der Waals surface area contributed by atoms with Crippen LogP contribution in [0.15, 0.2) is 17.3 Å². The third-order valence-corrected chi connectivity index (χ3v) is 5.16. The first-order chi connectivity index (χ1) is 8.57. The minimum absolute atomic E-state index is 0.0197. The summed E-state index contributed by atoms with van der Waals surface area (Å²) < 4.78 is 28.3. The van der Waals surface area contributed by atoms with Crippen molar-refractivity contribution < 1.29 is 8.42 Å². The predicted octanol–water partition coefficient (Wildman–Crippen LogP) is 0.276. The summed E-state index contributed by atoms with van der Waals surface area (Å²) in [4.78, 5) is 0. The van der Waals surface area contributed by atoms with Crippen molar-refractivity contribution in [1.82, 2.24) is 19.4 Å². The van der Waals surface area contributed by atoms with Crippen LogP contribution in [0, 0.1) is 0 Å². The lowest BCUT2D eigenvalue weighted by Gasteiger charge is -2.32. The molecule has 1 saturated heterocycles. The molecule has 0 bridgehead atoms. The summed E-state index contributed by atoms with van der Waals surface area (Å²) in [5.74, 6) is 0. The number of aromatic nitrogens is 2. The second-order valence-electron chi connectivity index (χ2n) is 4.56. The van der Waals surface area contributed by atoms with E-state index in [-0.39, 0.29) is 6.04 Å². The fraction of sp³-hybridized carbons (Fsp3) is 0.727. The van der Waals surface area contributed by atoms with Gasteiger partial charge in [-0.05, 0) is 19.4 Å². The molecule has 18 heavy (non-hydrogen) atoms. The minimum Gasteiger partial charge on any atom is -0.314 e. The van der Waals surface area contributed by atoms with Gasteiger partial charge in [-0.3, -0.25) is 4.68 Å². The minimum atomic E-state index is -3.43. The Kier molecular flexibility index (Phi) is 4.04. The van der Waals surface area contributed by atoms with Gasteiger partial charge in [0.05, 0.1) is 6.20 Å². The topological polar surface area (TPSA) is 67.2 Å². The molecule has 2 heterocycles. The second kappa shape index (κ2) is 5.38. The van der Waals surface area contributed by atoms with Crippen LogP contribution in [0.3, 0.4) is 0 Å². The fourth-order valence-corrected chi connectivity index (χ4v) is 3.98. The van der Waals surface area contributed by atoms with Gasteiger partial charge in [-0.2, -0.15) is 9.40 Å². The smallest absolute Gasteiger partial charge is 0.260 e. The van der Waals surface area contributed by atoms with Crippen molar-refractivity contribution in [2.45, 2.75) is 37.9 Å². The molecule has 2 rings (SSSR count). The Morgan fingerprint density at radius 1 is 1.56 bits per heavy atom. The number of piperazine rings is 1. The van der Waals surface area contributed by atoms with Gasteiger partial charge in [-0.1, -0.05) is 6.92 Å². The zero-order valence-corrected chi connectivity index (χ0v) is 11.7. The maximum atomic E-state index is 12.6. The molecule has 0 amide bonds. The van der Waals surface area contributed by atoms with Gasteiger partial charge in [0.15, 0.2) is 5.03 Å². The molecule has 0 aliphatic carbocycles. The van der Waals surface area contributed by atoms with Crippen molar-refractivity contribution in [1.29, 1.82) is 0 Å². The highest BCUT2D eigenvalue weighted by atomic mass is 32.2. The van der Waals surface area contributed by atoms with Gasteiger partial charge in [-0.15, -0.1) is 0 Å². The predicted molar refractivity (Wildman–Crippen MR) is 68.7 cm³/mol. The monoisotopic (exact) mass is 272 g/mol. The lowest BCUT2D eigenvalue weighted by Crippen LogP contribution is -2.52. The molecule has 7 heteroatoms. The summed E-state index contributed by atoms with van der Waals surface area (Å²) >= 11 is 0. The Bertz CT molecular complexity index is 497. The van der Waals surface area contributed by atoms with Crippen LogP contribution in [0.2, 0.25) is 0 Å². The standard InChI is InChI=1S/C11H20N4O2S/c1-3-7-14-11(4-5-13-14)18(16,17)15-8-6-12-9-10(15)2/h4-5,10,12H,3,6-9H2,1-2H3/t10-/m1/s1. The van der Waals surface area contributed by atoms with Gasteiger partial charge in [0.2, 0.25) is 0 Å². The zero-order chi connectivity index (χ0) is 13.2. The first-order valence-electron chi connectivity index (χ1n) is 6.31. The SMILES string of the molecule is CCCn1nccc1S(=O)(=O)N1CCNC[C@H]1C. The molecule has 6 nitrogen and oxygen atoms in total. The Balaban J connectivity index is 2.32. The van der Waals surface area contributed by atoms with Crippen LogP contribution in [-0.2, 0) is 16.6 Å². The number of aryl methyl sites for hydroxylation is 1. The summed E-state index contributed by atoms with van der Waals surface area (Å²) in [6, 6.07) is 1.56. The zero-order valence-electron chi connectivity index (χ0n) is 10.8. The van der Waals surface area contributed by atoms with E-state index in [9.17, 15) is 8.42 Å². The number of rotatable bonds is 4. The van der Waals surface area contributed by atoms with E-state index in [1.807, 2.05) is 13.8 Å². The van der Waals surface area contributed by atoms with E-state index in [0.717, 1.165) is 6.42 Å². The normalized spacial score (nSPS) is 22.2. The Hall–Kier alpha value is -0.920. The van der Waals surface area contributed by atoms with Crippen LogP contribution in [-0.4, -0.2) is 48.2 Å². The molecule has 1 atom stereocenters. The summed E-state index contributed by atoms with van der Waals surface area (Å²) in [7, 11) is -3.43. The molecule has 0 unspecified atom stereocenters. The van der Waals surface area contributed by atoms with Gasteiger partial charge in [0.1, 0.15) is 0 Å². The highest BCUT2D eigenvalue weighted by Crippen LogP contribution is 2.19. The van der Waals surface area contributed by atoms with E-state index < -0.39 is 10.0 Å². The third kappa shape index (κ3) is 2.43. The van der Waals surface area contributed by atoms with Crippen LogP contribution < -0.4 is 5.32 Å². The summed E-state index contributed by atoms with van der Waals surface area (Å²) in [5.41, 5.74) is 0. The lowest BCUT2D eigenvalue weighted by molar-refractivity contribution is 0.281. The number of nitrogens with zero attached hydrogens (tertiary/aromatic N) is 3. The number of sulfonamides is 1. The van der Waals surface area contributed by atoms with Gasteiger partial charge in [-0.25, -0.2) is 8.42 Å². The van der Waals surface area contributed by atoms with Crippen LogP contribution in [0.5, 0.6) is 0 Å². The molecule has 1 aliphatic rings. The first-order valence-corrected chi connectivity index (χ1v) is 7.75. The molecule has 1 aromatic heterocycles. The first kappa shape index (κ1) is 13.5. The highest BCUT2D eigenvalue weighted by Gasteiger charge is 2.32. The molecule has 0 spiro atoms.